The van der Waals surface area contributed by atoms with Gasteiger partial charge in [-0.25, -0.2) is 0 Å². The Labute approximate surface area is 159 Å². The van der Waals surface area contributed by atoms with E-state index in [9.17, 15) is 83.1 Å². The predicted molar refractivity (Wildman–Crippen MR) is 62.6 cm³/mol. The van der Waals surface area contributed by atoms with Crippen molar-refractivity contribution in [1.82, 2.24) is 0 Å². The summed E-state index contributed by atoms with van der Waals surface area (Å²) in [6.07, 6.45) is -7.88. The molecule has 0 aromatic heterocycles. The van der Waals surface area contributed by atoms with Crippen molar-refractivity contribution >= 4 is 23.6 Å². The minimum atomic E-state index is -8.89. The van der Waals surface area contributed by atoms with Gasteiger partial charge >= 0.3 is 57.1 Å². The van der Waals surface area contributed by atoms with Gasteiger partial charge in [0, 0.05) is 0 Å². The summed E-state index contributed by atoms with van der Waals surface area (Å²) in [7, 11) is -7.89. The van der Waals surface area contributed by atoms with Gasteiger partial charge in [-0.2, -0.15) is 96.6 Å². The fourth-order valence-corrected chi connectivity index (χ4v) is 1.76. The molecule has 0 bridgehead atoms. The molecule has 0 aromatic rings. The van der Waals surface area contributed by atoms with E-state index in [1.807, 2.05) is 0 Å². The van der Waals surface area contributed by atoms with Crippen LogP contribution in [0.15, 0.2) is 0 Å². The molecule has 0 aliphatic carbocycles. The highest BCUT2D eigenvalue weighted by Crippen LogP contribution is 2.64. The molecule has 0 atom stereocenters. The summed E-state index contributed by atoms with van der Waals surface area (Å²) in [5.41, 5.74) is 0. The highest BCUT2D eigenvalue weighted by molar-refractivity contribution is 7.87. The van der Waals surface area contributed by atoms with E-state index in [0.717, 1.165) is 0 Å². The number of hydrogen-bond acceptors (Lipinski definition) is 2. The smallest absolute Gasteiger partial charge is 0.281 e. The van der Waals surface area contributed by atoms with E-state index in [1.54, 1.807) is 0 Å². The number of alkyl halides is 17. The van der Waals surface area contributed by atoms with E-state index in [2.05, 4.69) is 0 Å². The molecule has 22 heteroatoms. The van der Waals surface area contributed by atoms with Crippen molar-refractivity contribution in [2.24, 2.45) is 0 Å². The molecule has 1 N–H and O–H groups in total. The molecule has 0 aliphatic heterocycles. The molecule has 0 unspecified atom stereocenters. The highest BCUT2D eigenvalue weighted by Gasteiger charge is 2.96. The van der Waals surface area contributed by atoms with Gasteiger partial charge in [-0.15, -0.1) is 0 Å². The zero-order valence-corrected chi connectivity index (χ0v) is 14.4. The second-order valence-electron chi connectivity index (χ2n) is 4.94. The van der Waals surface area contributed by atoms with Gasteiger partial charge < -0.3 is 0 Å². The Morgan fingerprint density at radius 3 is 0.833 bits per heavy atom. The van der Waals surface area contributed by atoms with E-state index in [0.29, 0.717) is 0 Å². The quantitative estimate of drug-likeness (QED) is 0.372. The van der Waals surface area contributed by atoms with Crippen molar-refractivity contribution in [2.45, 2.75) is 47.0 Å². The van der Waals surface area contributed by atoms with Crippen LogP contribution in [0.3, 0.4) is 0 Å². The average Bonchev–Trinajstić information content (AvgIpc) is 2.43. The topological polar surface area (TPSA) is 54.4 Å². The Balaban J connectivity index is 0. The molecule has 0 saturated heterocycles. The Bertz CT molecular complexity index is 737. The molecular weight excluding hydrogens is 531 g/mol. The predicted octanol–water partition coefficient (Wildman–Crippen LogP) is 4.95. The van der Waals surface area contributed by atoms with Crippen molar-refractivity contribution in [3.05, 3.63) is 0 Å². The first kappa shape index (κ1) is 31.3. The lowest BCUT2D eigenvalue weighted by atomic mass is 9.91. The lowest BCUT2D eigenvalue weighted by molar-refractivity contribution is -0.458. The van der Waals surface area contributed by atoms with E-state index < -0.39 is 57.1 Å². The third-order valence-corrected chi connectivity index (χ3v) is 3.92. The van der Waals surface area contributed by atoms with Crippen LogP contribution in [-0.4, -0.2) is 59.9 Å². The summed E-state index contributed by atoms with van der Waals surface area (Å²) >= 11 is 0. The van der Waals surface area contributed by atoms with Crippen LogP contribution in [-0.2, 0) is 10.1 Å². The molecule has 30 heavy (non-hydrogen) atoms. The lowest BCUT2D eigenvalue weighted by Crippen LogP contribution is -2.74. The molecule has 0 amide bonds. The van der Waals surface area contributed by atoms with Gasteiger partial charge in [0.15, 0.2) is 0 Å². The second-order valence-corrected chi connectivity index (χ2v) is 6.40. The van der Waals surface area contributed by atoms with Gasteiger partial charge in [0.25, 0.3) is 0 Å². The zero-order valence-electron chi connectivity index (χ0n) is 12.6. The zero-order chi connectivity index (χ0) is 24.5. The van der Waals surface area contributed by atoms with Crippen molar-refractivity contribution in [3.8, 4) is 0 Å². The molecule has 0 radical (unpaired) electrons. The molecule has 0 saturated carbocycles. The van der Waals surface area contributed by atoms with Crippen LogP contribution in [0.4, 0.5) is 74.6 Å². The largest absolute Gasteiger partial charge is 0.460 e. The summed E-state index contributed by atoms with van der Waals surface area (Å²) in [6.45, 7) is 0. The van der Waals surface area contributed by atoms with Crippen molar-refractivity contribution in [1.29, 1.82) is 0 Å². The second kappa shape index (κ2) is 7.30. The van der Waals surface area contributed by atoms with Crippen LogP contribution in [0.5, 0.6) is 0 Å². The molecule has 0 aromatic carbocycles. The SMILES string of the molecule is O=S(=O)(O)C(F)(F)C(F)(F)C(F)(F)C(F)(F)C(F)(F)C(F)(F)C(F)(F)C(F)(F)F.S. The highest BCUT2D eigenvalue weighted by atomic mass is 32.2. The fraction of sp³-hybridized carbons (Fsp3) is 1.00. The first-order chi connectivity index (χ1) is 12.0. The average molecular weight is 534 g/mol. The minimum Gasteiger partial charge on any atom is -0.281 e. The molecule has 3 nitrogen and oxygen atoms in total. The van der Waals surface area contributed by atoms with Gasteiger partial charge in [0.05, 0.1) is 0 Å². The van der Waals surface area contributed by atoms with Gasteiger partial charge in [-0.3, -0.25) is 4.55 Å². The van der Waals surface area contributed by atoms with E-state index >= 15 is 0 Å². The van der Waals surface area contributed by atoms with Crippen LogP contribution in [0.1, 0.15) is 0 Å². The lowest BCUT2D eigenvalue weighted by Gasteiger charge is -2.42. The Morgan fingerprint density at radius 1 is 0.433 bits per heavy atom. The molecule has 0 aliphatic rings. The monoisotopic (exact) mass is 534 g/mol. The van der Waals surface area contributed by atoms with E-state index in [-0.39, 0.29) is 13.5 Å². The Kier molecular flexibility index (Phi) is 7.61. The van der Waals surface area contributed by atoms with Crippen LogP contribution in [0.2, 0.25) is 0 Å². The van der Waals surface area contributed by atoms with E-state index in [1.165, 1.54) is 0 Å². The molecule has 0 spiro atoms. The first-order valence-corrected chi connectivity index (χ1v) is 7.12. The summed E-state index contributed by atoms with van der Waals surface area (Å²) in [5.74, 6) is -52.0. The Morgan fingerprint density at radius 2 is 0.633 bits per heavy atom. The van der Waals surface area contributed by atoms with Crippen molar-refractivity contribution < 1.29 is 87.6 Å². The van der Waals surface area contributed by atoms with Gasteiger partial charge in [-0.05, 0) is 0 Å². The van der Waals surface area contributed by atoms with Crippen LogP contribution < -0.4 is 0 Å². The van der Waals surface area contributed by atoms with Gasteiger partial charge in [0.2, 0.25) is 0 Å². The third-order valence-electron chi connectivity index (χ3n) is 3.02. The van der Waals surface area contributed by atoms with E-state index in [4.69, 9.17) is 4.55 Å². The fourth-order valence-electron chi connectivity index (χ4n) is 1.31. The summed E-state index contributed by atoms with van der Waals surface area (Å²) < 4.78 is 242. The Hall–Kier alpha value is -0.930. The number of hydrogen-bond donors (Lipinski definition) is 1. The van der Waals surface area contributed by atoms with Crippen LogP contribution >= 0.6 is 13.5 Å². The molecule has 184 valence electrons. The molecule has 0 fully saturated rings. The maximum Gasteiger partial charge on any atom is 0.460 e. The molecule has 0 heterocycles. The summed E-state index contributed by atoms with van der Waals surface area (Å²) in [5, 5.41) is -7.84. The molecular formula is C8H3F17O3S2. The normalized spacial score (nSPS) is 16.3. The van der Waals surface area contributed by atoms with Crippen molar-refractivity contribution in [2.75, 3.05) is 0 Å². The van der Waals surface area contributed by atoms with Crippen LogP contribution in [0.25, 0.3) is 0 Å². The number of halogens is 17. The summed E-state index contributed by atoms with van der Waals surface area (Å²) in [6, 6.07) is 0. The maximum absolute atomic E-state index is 13.0. The minimum absolute atomic E-state index is 0. The van der Waals surface area contributed by atoms with Gasteiger partial charge in [0.1, 0.15) is 0 Å². The van der Waals surface area contributed by atoms with Crippen molar-refractivity contribution in [3.63, 3.8) is 0 Å². The maximum atomic E-state index is 13.0. The standard InChI is InChI=1S/C8HF17O3S.H2S/c9-1(10,3(13,14)5(17,18)7(21,22)23)2(11,12)4(15,16)6(19,20)8(24,25)29(26,27)28;/h(H,26,27,28);1H2. The first-order valence-electron chi connectivity index (χ1n) is 5.68. The van der Waals surface area contributed by atoms with Crippen LogP contribution in [0, 0.1) is 0 Å². The van der Waals surface area contributed by atoms with Gasteiger partial charge in [-0.1, -0.05) is 0 Å². The number of rotatable bonds is 7. The summed E-state index contributed by atoms with van der Waals surface area (Å²) in [4.78, 5) is 0. The molecule has 0 rings (SSSR count). The third kappa shape index (κ3) is 3.64.